The number of benzene rings is 1. The lowest BCUT2D eigenvalue weighted by Crippen LogP contribution is -2.02. The highest BCUT2D eigenvalue weighted by Crippen LogP contribution is 2.18. The van der Waals surface area contributed by atoms with Crippen molar-refractivity contribution in [3.05, 3.63) is 35.4 Å². The van der Waals surface area contributed by atoms with Crippen LogP contribution in [0, 0.1) is 6.92 Å². The highest BCUT2D eigenvalue weighted by atomic mass is 16.4. The molecule has 1 atom stereocenters. The van der Waals surface area contributed by atoms with Gasteiger partial charge in [-0.05, 0) is 18.9 Å². The molecule has 0 aliphatic heterocycles. The van der Waals surface area contributed by atoms with Gasteiger partial charge in [0.15, 0.2) is 0 Å². The van der Waals surface area contributed by atoms with E-state index in [4.69, 9.17) is 5.11 Å². The first-order valence-electron chi connectivity index (χ1n) is 4.56. The molecule has 2 N–H and O–H groups in total. The van der Waals surface area contributed by atoms with Gasteiger partial charge >= 0.3 is 5.97 Å². The fourth-order valence-electron chi connectivity index (χ4n) is 1.22. The van der Waals surface area contributed by atoms with Crippen LogP contribution in [0.3, 0.4) is 0 Å². The Bertz CT molecular complexity index is 303. The smallest absolute Gasteiger partial charge is 0.303 e. The summed E-state index contributed by atoms with van der Waals surface area (Å²) in [5.41, 5.74) is 1.90. The number of carbonyl (C=O) groups is 1. The van der Waals surface area contributed by atoms with Crippen LogP contribution in [-0.2, 0) is 4.79 Å². The summed E-state index contributed by atoms with van der Waals surface area (Å²) in [7, 11) is 0. The van der Waals surface area contributed by atoms with E-state index in [9.17, 15) is 9.90 Å². The molecule has 76 valence electrons. The number of rotatable bonds is 4. The van der Waals surface area contributed by atoms with E-state index in [0.717, 1.165) is 11.1 Å². The largest absolute Gasteiger partial charge is 0.481 e. The Morgan fingerprint density at radius 1 is 1.36 bits per heavy atom. The first kappa shape index (κ1) is 10.7. The summed E-state index contributed by atoms with van der Waals surface area (Å²) in [5, 5.41) is 18.0. The van der Waals surface area contributed by atoms with Gasteiger partial charge in [0, 0.05) is 6.42 Å². The Balaban J connectivity index is 2.56. The third-order valence-electron chi connectivity index (χ3n) is 2.09. The molecule has 1 rings (SSSR count). The van der Waals surface area contributed by atoms with Crippen LogP contribution in [0.1, 0.15) is 30.1 Å². The van der Waals surface area contributed by atoms with Crippen LogP contribution in [0.4, 0.5) is 0 Å². The fraction of sp³-hybridized carbons (Fsp3) is 0.364. The molecule has 1 aromatic carbocycles. The quantitative estimate of drug-likeness (QED) is 0.769. The van der Waals surface area contributed by atoms with Crippen molar-refractivity contribution < 1.29 is 15.0 Å². The van der Waals surface area contributed by atoms with Gasteiger partial charge in [-0.1, -0.05) is 29.8 Å². The number of aliphatic hydroxyl groups is 1. The predicted octanol–water partition coefficient (Wildman–Crippen LogP) is 1.89. The second-order valence-corrected chi connectivity index (χ2v) is 3.36. The monoisotopic (exact) mass is 194 g/mol. The molecule has 0 saturated heterocycles. The van der Waals surface area contributed by atoms with Gasteiger partial charge in [0.25, 0.3) is 0 Å². The molecule has 0 bridgehead atoms. The molecule has 0 spiro atoms. The van der Waals surface area contributed by atoms with Gasteiger partial charge in [0.1, 0.15) is 0 Å². The highest BCUT2D eigenvalue weighted by Gasteiger charge is 2.08. The first-order valence-corrected chi connectivity index (χ1v) is 4.56. The number of carboxylic acid groups (broad SMARTS) is 1. The van der Waals surface area contributed by atoms with E-state index >= 15 is 0 Å². The summed E-state index contributed by atoms with van der Waals surface area (Å²) in [6.07, 6.45) is -0.417. The molecule has 0 aliphatic rings. The summed E-state index contributed by atoms with van der Waals surface area (Å²) >= 11 is 0. The summed E-state index contributed by atoms with van der Waals surface area (Å²) in [6, 6.07) is 7.45. The van der Waals surface area contributed by atoms with E-state index in [1.54, 1.807) is 0 Å². The Kier molecular flexibility index (Phi) is 3.65. The molecule has 0 amide bonds. The molecule has 0 unspecified atom stereocenters. The maximum Gasteiger partial charge on any atom is 0.303 e. The molecular weight excluding hydrogens is 180 g/mol. The summed E-state index contributed by atoms with van der Waals surface area (Å²) in [6.45, 7) is 1.97. The van der Waals surface area contributed by atoms with Crippen molar-refractivity contribution in [2.24, 2.45) is 0 Å². The zero-order chi connectivity index (χ0) is 10.6. The Morgan fingerprint density at radius 3 is 2.43 bits per heavy atom. The molecule has 0 saturated carbocycles. The van der Waals surface area contributed by atoms with E-state index in [1.165, 1.54) is 0 Å². The minimum atomic E-state index is -0.879. The van der Waals surface area contributed by atoms with Gasteiger partial charge in [-0.3, -0.25) is 4.79 Å². The second-order valence-electron chi connectivity index (χ2n) is 3.36. The van der Waals surface area contributed by atoms with Gasteiger partial charge in [0.05, 0.1) is 6.10 Å². The maximum absolute atomic E-state index is 10.3. The van der Waals surface area contributed by atoms with Crippen LogP contribution in [0.5, 0.6) is 0 Å². The average molecular weight is 194 g/mol. The van der Waals surface area contributed by atoms with E-state index < -0.39 is 12.1 Å². The maximum atomic E-state index is 10.3. The topological polar surface area (TPSA) is 57.5 Å². The van der Waals surface area contributed by atoms with Gasteiger partial charge < -0.3 is 10.2 Å². The van der Waals surface area contributed by atoms with E-state index in [2.05, 4.69) is 0 Å². The molecule has 1 aromatic rings. The molecule has 0 fully saturated rings. The fourth-order valence-corrected chi connectivity index (χ4v) is 1.22. The molecule has 14 heavy (non-hydrogen) atoms. The van der Waals surface area contributed by atoms with E-state index in [-0.39, 0.29) is 12.8 Å². The summed E-state index contributed by atoms with van der Waals surface area (Å²) < 4.78 is 0. The van der Waals surface area contributed by atoms with E-state index in [0.29, 0.717) is 0 Å². The Morgan fingerprint density at radius 2 is 1.93 bits per heavy atom. The van der Waals surface area contributed by atoms with Crippen LogP contribution >= 0.6 is 0 Å². The molecule has 0 aliphatic carbocycles. The van der Waals surface area contributed by atoms with Crippen molar-refractivity contribution >= 4 is 5.97 Å². The molecule has 0 radical (unpaired) electrons. The Labute approximate surface area is 83.0 Å². The predicted molar refractivity (Wildman–Crippen MR) is 53.0 cm³/mol. The van der Waals surface area contributed by atoms with Crippen LogP contribution in [0.15, 0.2) is 24.3 Å². The van der Waals surface area contributed by atoms with Crippen molar-refractivity contribution in [2.45, 2.75) is 25.9 Å². The summed E-state index contributed by atoms with van der Waals surface area (Å²) in [5.74, 6) is -0.879. The molecule has 3 nitrogen and oxygen atoms in total. The number of aliphatic hydroxyl groups excluding tert-OH is 1. The number of aliphatic carboxylic acids is 1. The van der Waals surface area contributed by atoms with Gasteiger partial charge in [0.2, 0.25) is 0 Å². The normalized spacial score (nSPS) is 12.4. The van der Waals surface area contributed by atoms with Crippen molar-refractivity contribution in [1.29, 1.82) is 0 Å². The number of hydrogen-bond acceptors (Lipinski definition) is 2. The molecule has 3 heteroatoms. The second kappa shape index (κ2) is 4.77. The first-order chi connectivity index (χ1) is 6.59. The van der Waals surface area contributed by atoms with Crippen molar-refractivity contribution in [3.63, 3.8) is 0 Å². The minimum absolute atomic E-state index is 0.00492. The van der Waals surface area contributed by atoms with Gasteiger partial charge in [-0.25, -0.2) is 0 Å². The number of hydrogen-bond donors (Lipinski definition) is 2. The van der Waals surface area contributed by atoms with Gasteiger partial charge in [-0.2, -0.15) is 0 Å². The molecule has 0 aromatic heterocycles. The standard InChI is InChI=1S/C11H14O3/c1-8-2-4-9(5-3-8)10(12)6-7-11(13)14/h2-5,10,12H,6-7H2,1H3,(H,13,14)/t10-/m1/s1. The lowest BCUT2D eigenvalue weighted by atomic mass is 10.0. The zero-order valence-electron chi connectivity index (χ0n) is 8.10. The molecular formula is C11H14O3. The van der Waals surface area contributed by atoms with E-state index in [1.807, 2.05) is 31.2 Å². The number of carboxylic acids is 1. The third kappa shape index (κ3) is 3.18. The average Bonchev–Trinajstić information content (AvgIpc) is 2.15. The number of aryl methyl sites for hydroxylation is 1. The summed E-state index contributed by atoms with van der Waals surface area (Å²) in [4.78, 5) is 10.3. The van der Waals surface area contributed by atoms with Crippen molar-refractivity contribution in [2.75, 3.05) is 0 Å². The molecule has 0 heterocycles. The Hall–Kier alpha value is -1.35. The lowest BCUT2D eigenvalue weighted by Gasteiger charge is -2.09. The van der Waals surface area contributed by atoms with Gasteiger partial charge in [-0.15, -0.1) is 0 Å². The van der Waals surface area contributed by atoms with Crippen LogP contribution in [-0.4, -0.2) is 16.2 Å². The van der Waals surface area contributed by atoms with Crippen LogP contribution in [0.2, 0.25) is 0 Å². The SMILES string of the molecule is Cc1ccc([C@H](O)CCC(=O)O)cc1. The lowest BCUT2D eigenvalue weighted by molar-refractivity contribution is -0.137. The van der Waals surface area contributed by atoms with Crippen molar-refractivity contribution in [3.8, 4) is 0 Å². The third-order valence-corrected chi connectivity index (χ3v) is 2.09. The minimum Gasteiger partial charge on any atom is -0.481 e. The zero-order valence-corrected chi connectivity index (χ0v) is 8.10. The van der Waals surface area contributed by atoms with Crippen molar-refractivity contribution in [1.82, 2.24) is 0 Å². The highest BCUT2D eigenvalue weighted by molar-refractivity contribution is 5.66. The van der Waals surface area contributed by atoms with Crippen LogP contribution < -0.4 is 0 Å². The van der Waals surface area contributed by atoms with Crippen LogP contribution in [0.25, 0.3) is 0 Å².